The van der Waals surface area contributed by atoms with Crippen LogP contribution in [0.3, 0.4) is 0 Å². The smallest absolute Gasteiger partial charge is 0.333 e. The quantitative estimate of drug-likeness (QED) is 0.530. The van der Waals surface area contributed by atoms with Crippen LogP contribution in [0.25, 0.3) is 10.9 Å². The van der Waals surface area contributed by atoms with Crippen molar-refractivity contribution < 1.29 is 18.0 Å². The second-order valence-corrected chi connectivity index (χ2v) is 6.16. The summed E-state index contributed by atoms with van der Waals surface area (Å²) in [6, 6.07) is 11.8. The lowest BCUT2D eigenvalue weighted by atomic mass is 10.1. The average Bonchev–Trinajstić information content (AvgIpc) is 3.29. The van der Waals surface area contributed by atoms with Crippen LogP contribution in [-0.4, -0.2) is 20.0 Å². The molecule has 2 aromatic heterocycles. The molecule has 2 aromatic carbocycles. The van der Waals surface area contributed by atoms with Crippen molar-refractivity contribution in [1.82, 2.24) is 14.1 Å². The maximum atomic E-state index is 13.0. The summed E-state index contributed by atoms with van der Waals surface area (Å²) < 4.78 is 42.2. The van der Waals surface area contributed by atoms with Crippen molar-refractivity contribution in [1.29, 1.82) is 0 Å². The minimum atomic E-state index is -4.50. The number of fused-ring (bicyclic) bond motifs is 1. The summed E-state index contributed by atoms with van der Waals surface area (Å²) in [6.45, 7) is 0.503. The van der Waals surface area contributed by atoms with Crippen LogP contribution < -0.4 is 0 Å². The molecule has 0 bridgehead atoms. The number of aromatic nitrogens is 3. The number of alkyl halides is 3. The molecule has 27 heavy (non-hydrogen) atoms. The molecule has 0 saturated carbocycles. The van der Waals surface area contributed by atoms with Gasteiger partial charge in [0.1, 0.15) is 0 Å². The van der Waals surface area contributed by atoms with Crippen molar-refractivity contribution in [3.63, 3.8) is 0 Å². The number of rotatable bonds is 3. The Morgan fingerprint density at radius 1 is 1.07 bits per heavy atom. The van der Waals surface area contributed by atoms with E-state index in [2.05, 4.69) is 4.98 Å². The van der Waals surface area contributed by atoms with E-state index in [9.17, 15) is 18.0 Å². The molecule has 0 amide bonds. The van der Waals surface area contributed by atoms with Crippen LogP contribution in [0.4, 0.5) is 13.2 Å². The number of halogens is 3. The van der Waals surface area contributed by atoms with Crippen molar-refractivity contribution >= 4 is 16.8 Å². The summed E-state index contributed by atoms with van der Waals surface area (Å²) in [4.78, 5) is 16.9. The lowest BCUT2D eigenvalue weighted by Gasteiger charge is -2.09. The molecular formula is C20H14F3N3O. The molecule has 4 rings (SSSR count). The molecule has 0 aliphatic heterocycles. The first-order valence-electron chi connectivity index (χ1n) is 8.20. The van der Waals surface area contributed by atoms with Crippen molar-refractivity contribution in [2.45, 2.75) is 12.7 Å². The van der Waals surface area contributed by atoms with Gasteiger partial charge in [-0.25, -0.2) is 4.98 Å². The van der Waals surface area contributed by atoms with Crippen LogP contribution in [0.5, 0.6) is 0 Å². The van der Waals surface area contributed by atoms with E-state index in [-0.39, 0.29) is 5.56 Å². The molecule has 4 aromatic rings. The van der Waals surface area contributed by atoms with E-state index >= 15 is 0 Å². The normalized spacial score (nSPS) is 11.8. The van der Waals surface area contributed by atoms with Crippen molar-refractivity contribution in [3.05, 3.63) is 90.1 Å². The van der Waals surface area contributed by atoms with E-state index in [1.807, 2.05) is 16.7 Å². The summed E-state index contributed by atoms with van der Waals surface area (Å²) in [5.74, 6) is -0.505. The average molecular weight is 369 g/mol. The molecular weight excluding hydrogens is 355 g/mol. The third-order valence-electron chi connectivity index (χ3n) is 4.36. The second-order valence-electron chi connectivity index (χ2n) is 6.16. The van der Waals surface area contributed by atoms with Gasteiger partial charge in [-0.2, -0.15) is 13.2 Å². The first-order chi connectivity index (χ1) is 12.9. The Bertz CT molecular complexity index is 1110. The molecule has 7 heteroatoms. The number of nitrogens with zero attached hydrogens (tertiary/aromatic N) is 3. The largest absolute Gasteiger partial charge is 0.416 e. The van der Waals surface area contributed by atoms with Crippen LogP contribution in [0.15, 0.2) is 73.4 Å². The van der Waals surface area contributed by atoms with E-state index in [0.29, 0.717) is 12.1 Å². The van der Waals surface area contributed by atoms with E-state index in [1.165, 1.54) is 16.7 Å². The van der Waals surface area contributed by atoms with Crippen LogP contribution >= 0.6 is 0 Å². The first kappa shape index (κ1) is 17.1. The van der Waals surface area contributed by atoms with Crippen molar-refractivity contribution in [3.8, 4) is 0 Å². The van der Waals surface area contributed by atoms with E-state index in [1.54, 1.807) is 37.1 Å². The molecule has 4 nitrogen and oxygen atoms in total. The fourth-order valence-corrected chi connectivity index (χ4v) is 3.09. The zero-order chi connectivity index (χ0) is 19.0. The van der Waals surface area contributed by atoms with Crippen LogP contribution in [0, 0.1) is 0 Å². The number of carbonyl (C=O) groups is 1. The second kappa shape index (κ2) is 6.42. The van der Waals surface area contributed by atoms with Gasteiger partial charge in [-0.05, 0) is 29.8 Å². The molecule has 0 atom stereocenters. The van der Waals surface area contributed by atoms with Crippen LogP contribution in [0.1, 0.15) is 21.5 Å². The number of hydrogen-bond donors (Lipinski definition) is 0. The maximum absolute atomic E-state index is 13.0. The van der Waals surface area contributed by atoms with Crippen LogP contribution in [0.2, 0.25) is 0 Å². The third-order valence-corrected chi connectivity index (χ3v) is 4.36. The Labute approximate surface area is 152 Å². The molecule has 0 radical (unpaired) electrons. The molecule has 136 valence electrons. The Kier molecular flexibility index (Phi) is 4.07. The number of carbonyl (C=O) groups excluding carboxylic acids is 1. The van der Waals surface area contributed by atoms with Gasteiger partial charge in [0, 0.05) is 29.5 Å². The number of para-hydroxylation sites is 1. The number of hydrogen-bond acceptors (Lipinski definition) is 2. The Hall–Kier alpha value is -3.35. The van der Waals surface area contributed by atoms with Gasteiger partial charge in [0.05, 0.1) is 24.0 Å². The summed E-state index contributed by atoms with van der Waals surface area (Å²) in [6.07, 6.45) is 2.31. The highest BCUT2D eigenvalue weighted by atomic mass is 19.4. The van der Waals surface area contributed by atoms with Crippen molar-refractivity contribution in [2.75, 3.05) is 0 Å². The molecule has 0 fully saturated rings. The fourth-order valence-electron chi connectivity index (χ4n) is 3.09. The molecule has 0 N–H and O–H groups in total. The SMILES string of the molecule is O=C(c1cccc(C(F)(F)F)c1)n1cc(Cn2ccnc2)c2ccccc21. The lowest BCUT2D eigenvalue weighted by molar-refractivity contribution is -0.137. The van der Waals surface area contributed by atoms with Crippen LogP contribution in [-0.2, 0) is 12.7 Å². The molecule has 0 aliphatic carbocycles. The minimum Gasteiger partial charge on any atom is -0.333 e. The zero-order valence-corrected chi connectivity index (χ0v) is 14.0. The number of benzene rings is 2. The predicted octanol–water partition coefficient (Wildman–Crippen LogP) is 4.59. The Balaban J connectivity index is 1.79. The van der Waals surface area contributed by atoms with E-state index in [0.717, 1.165) is 23.1 Å². The summed E-state index contributed by atoms with van der Waals surface area (Å²) in [7, 11) is 0. The Morgan fingerprint density at radius 3 is 2.63 bits per heavy atom. The highest BCUT2D eigenvalue weighted by Crippen LogP contribution is 2.30. The van der Waals surface area contributed by atoms with Gasteiger partial charge in [-0.3, -0.25) is 9.36 Å². The lowest BCUT2D eigenvalue weighted by Crippen LogP contribution is -2.13. The van der Waals surface area contributed by atoms with E-state index < -0.39 is 17.6 Å². The van der Waals surface area contributed by atoms with Gasteiger partial charge in [0.15, 0.2) is 0 Å². The molecule has 0 spiro atoms. The third kappa shape index (κ3) is 3.23. The standard InChI is InChI=1S/C20H14F3N3O/c21-20(22,23)16-5-3-4-14(10-16)19(27)26-12-15(11-25-9-8-24-13-25)17-6-1-2-7-18(17)26/h1-10,12-13H,11H2. The van der Waals surface area contributed by atoms with E-state index in [4.69, 9.17) is 0 Å². The topological polar surface area (TPSA) is 39.8 Å². The minimum absolute atomic E-state index is 0.0141. The molecule has 0 unspecified atom stereocenters. The predicted molar refractivity (Wildman–Crippen MR) is 94.4 cm³/mol. The first-order valence-corrected chi connectivity index (χ1v) is 8.20. The van der Waals surface area contributed by atoms with Gasteiger partial charge in [-0.1, -0.05) is 24.3 Å². The molecule has 0 aliphatic rings. The highest BCUT2D eigenvalue weighted by Gasteiger charge is 2.31. The molecule has 2 heterocycles. The summed E-state index contributed by atoms with van der Waals surface area (Å²) in [5, 5.41) is 0.867. The van der Waals surface area contributed by atoms with Crippen molar-refractivity contribution in [2.24, 2.45) is 0 Å². The van der Waals surface area contributed by atoms with Gasteiger partial charge >= 0.3 is 6.18 Å². The van der Waals surface area contributed by atoms with Gasteiger partial charge in [0.2, 0.25) is 0 Å². The number of imidazole rings is 1. The zero-order valence-electron chi connectivity index (χ0n) is 14.0. The molecule has 0 saturated heterocycles. The van der Waals surface area contributed by atoms with Gasteiger partial charge < -0.3 is 4.57 Å². The summed E-state index contributed by atoms with van der Waals surface area (Å²) >= 11 is 0. The maximum Gasteiger partial charge on any atom is 0.416 e. The fraction of sp³-hybridized carbons (Fsp3) is 0.100. The van der Waals surface area contributed by atoms with Gasteiger partial charge in [0.25, 0.3) is 5.91 Å². The highest BCUT2D eigenvalue weighted by molar-refractivity contribution is 6.03. The summed E-state index contributed by atoms with van der Waals surface area (Å²) in [5.41, 5.74) is 0.669. The Morgan fingerprint density at radius 2 is 1.89 bits per heavy atom. The monoisotopic (exact) mass is 369 g/mol. The van der Waals surface area contributed by atoms with Gasteiger partial charge in [-0.15, -0.1) is 0 Å².